The quantitative estimate of drug-likeness (QED) is 0.716. The summed E-state index contributed by atoms with van der Waals surface area (Å²) in [4.78, 5) is 2.35. The molecular formula is C14H21N. The van der Waals surface area contributed by atoms with Crippen LogP contribution in [-0.2, 0) is 0 Å². The molecule has 0 saturated carbocycles. The average Bonchev–Trinajstić information content (AvgIpc) is 2.21. The van der Waals surface area contributed by atoms with Gasteiger partial charge in [-0.25, -0.2) is 0 Å². The average molecular weight is 203 g/mol. The molecule has 1 heteroatoms. The first-order valence-electron chi connectivity index (χ1n) is 5.67. The Balaban J connectivity index is 2.84. The van der Waals surface area contributed by atoms with E-state index in [-0.39, 0.29) is 0 Å². The first kappa shape index (κ1) is 11.8. The van der Waals surface area contributed by atoms with Crippen LogP contribution >= 0.6 is 0 Å². The van der Waals surface area contributed by atoms with E-state index in [1.807, 2.05) is 0 Å². The molecule has 0 fully saturated rings. The SMILES string of the molecule is CCN(CC)c1ccc(C=C(C)C)cc1. The van der Waals surface area contributed by atoms with E-state index in [1.165, 1.54) is 16.8 Å². The van der Waals surface area contributed by atoms with Gasteiger partial charge in [-0.3, -0.25) is 0 Å². The van der Waals surface area contributed by atoms with Gasteiger partial charge in [0.15, 0.2) is 0 Å². The molecule has 0 aliphatic rings. The minimum Gasteiger partial charge on any atom is -0.372 e. The lowest BCUT2D eigenvalue weighted by atomic mass is 10.1. The van der Waals surface area contributed by atoms with Crippen LogP contribution in [0.5, 0.6) is 0 Å². The number of anilines is 1. The summed E-state index contributed by atoms with van der Waals surface area (Å²) in [5.74, 6) is 0. The van der Waals surface area contributed by atoms with Gasteiger partial charge in [0.1, 0.15) is 0 Å². The van der Waals surface area contributed by atoms with Gasteiger partial charge >= 0.3 is 0 Å². The largest absolute Gasteiger partial charge is 0.372 e. The van der Waals surface area contributed by atoms with E-state index >= 15 is 0 Å². The van der Waals surface area contributed by atoms with Crippen LogP contribution in [0.3, 0.4) is 0 Å². The molecule has 0 heterocycles. The Bertz CT molecular complexity index is 314. The third kappa shape index (κ3) is 3.43. The monoisotopic (exact) mass is 203 g/mol. The van der Waals surface area contributed by atoms with Gasteiger partial charge in [-0.2, -0.15) is 0 Å². The minimum atomic E-state index is 1.07. The smallest absolute Gasteiger partial charge is 0.0366 e. The van der Waals surface area contributed by atoms with Crippen molar-refractivity contribution in [2.45, 2.75) is 27.7 Å². The summed E-state index contributed by atoms with van der Waals surface area (Å²) in [7, 11) is 0. The molecule has 0 atom stereocenters. The lowest BCUT2D eigenvalue weighted by Crippen LogP contribution is -2.21. The fourth-order valence-electron chi connectivity index (χ4n) is 1.70. The van der Waals surface area contributed by atoms with Gasteiger partial charge in [-0.05, 0) is 45.4 Å². The third-order valence-corrected chi connectivity index (χ3v) is 2.48. The third-order valence-electron chi connectivity index (χ3n) is 2.48. The van der Waals surface area contributed by atoms with Crippen molar-refractivity contribution in [3.8, 4) is 0 Å². The molecule has 0 amide bonds. The summed E-state index contributed by atoms with van der Waals surface area (Å²) in [6.45, 7) is 10.8. The van der Waals surface area contributed by atoms with Crippen LogP contribution in [0.2, 0.25) is 0 Å². The highest BCUT2D eigenvalue weighted by atomic mass is 15.1. The van der Waals surface area contributed by atoms with Gasteiger partial charge in [0, 0.05) is 18.8 Å². The molecule has 1 nitrogen and oxygen atoms in total. The van der Waals surface area contributed by atoms with Crippen LogP contribution in [0, 0.1) is 0 Å². The molecule has 0 N–H and O–H groups in total. The highest BCUT2D eigenvalue weighted by Gasteiger charge is 1.99. The summed E-state index contributed by atoms with van der Waals surface area (Å²) in [5, 5.41) is 0. The van der Waals surface area contributed by atoms with Crippen LogP contribution in [-0.4, -0.2) is 13.1 Å². The molecule has 0 aliphatic carbocycles. The van der Waals surface area contributed by atoms with E-state index in [1.54, 1.807) is 0 Å². The molecule has 15 heavy (non-hydrogen) atoms. The lowest BCUT2D eigenvalue weighted by molar-refractivity contribution is 0.866. The number of hydrogen-bond donors (Lipinski definition) is 0. The van der Waals surface area contributed by atoms with Crippen LogP contribution in [0.15, 0.2) is 29.8 Å². The molecule has 1 rings (SSSR count). The van der Waals surface area contributed by atoms with Crippen molar-refractivity contribution in [3.63, 3.8) is 0 Å². The topological polar surface area (TPSA) is 3.24 Å². The van der Waals surface area contributed by atoms with Crippen LogP contribution < -0.4 is 4.90 Å². The van der Waals surface area contributed by atoms with Gasteiger partial charge < -0.3 is 4.90 Å². The Kier molecular flexibility index (Phi) is 4.41. The maximum absolute atomic E-state index is 2.35. The van der Waals surface area contributed by atoms with Crippen molar-refractivity contribution < 1.29 is 0 Å². The predicted molar refractivity (Wildman–Crippen MR) is 69.3 cm³/mol. The number of nitrogens with zero attached hydrogens (tertiary/aromatic N) is 1. The zero-order chi connectivity index (χ0) is 11.3. The van der Waals surface area contributed by atoms with Gasteiger partial charge in [0.2, 0.25) is 0 Å². The van der Waals surface area contributed by atoms with E-state index in [0.717, 1.165) is 13.1 Å². The van der Waals surface area contributed by atoms with Crippen molar-refractivity contribution in [3.05, 3.63) is 35.4 Å². The van der Waals surface area contributed by atoms with Gasteiger partial charge in [-0.15, -0.1) is 0 Å². The number of benzene rings is 1. The molecule has 0 spiro atoms. The summed E-state index contributed by atoms with van der Waals surface area (Å²) in [5.41, 5.74) is 3.93. The van der Waals surface area contributed by atoms with Gasteiger partial charge in [0.25, 0.3) is 0 Å². The second-order valence-electron chi connectivity index (χ2n) is 3.99. The second kappa shape index (κ2) is 5.59. The molecule has 0 saturated heterocycles. The molecule has 0 aromatic heterocycles. The first-order chi connectivity index (χ1) is 7.17. The Hall–Kier alpha value is -1.24. The standard InChI is InChI=1S/C14H21N/c1-5-15(6-2)14-9-7-13(8-10-14)11-12(3)4/h7-11H,5-6H2,1-4H3. The highest BCUT2D eigenvalue weighted by molar-refractivity contribution is 5.57. The van der Waals surface area contributed by atoms with E-state index in [2.05, 4.69) is 62.9 Å². The predicted octanol–water partition coefficient (Wildman–Crippen LogP) is 3.96. The van der Waals surface area contributed by atoms with Crippen molar-refractivity contribution >= 4 is 11.8 Å². The Morgan fingerprint density at radius 3 is 2.00 bits per heavy atom. The fraction of sp³-hybridized carbons (Fsp3) is 0.429. The molecule has 0 bridgehead atoms. The molecule has 1 aromatic rings. The molecule has 0 radical (unpaired) electrons. The fourth-order valence-corrected chi connectivity index (χ4v) is 1.70. The van der Waals surface area contributed by atoms with Crippen molar-refractivity contribution in [2.24, 2.45) is 0 Å². The summed E-state index contributed by atoms with van der Waals surface area (Å²) in [6.07, 6.45) is 2.20. The van der Waals surface area contributed by atoms with Crippen LogP contribution in [0.25, 0.3) is 6.08 Å². The van der Waals surface area contributed by atoms with Crippen LogP contribution in [0.1, 0.15) is 33.3 Å². The molecule has 82 valence electrons. The van der Waals surface area contributed by atoms with Gasteiger partial charge in [0.05, 0.1) is 0 Å². The molecule has 1 aromatic carbocycles. The van der Waals surface area contributed by atoms with E-state index in [4.69, 9.17) is 0 Å². The van der Waals surface area contributed by atoms with Crippen molar-refractivity contribution in [1.29, 1.82) is 0 Å². The van der Waals surface area contributed by atoms with E-state index in [0.29, 0.717) is 0 Å². The highest BCUT2D eigenvalue weighted by Crippen LogP contribution is 2.16. The van der Waals surface area contributed by atoms with E-state index in [9.17, 15) is 0 Å². The minimum absolute atomic E-state index is 1.07. The van der Waals surface area contributed by atoms with Crippen LogP contribution in [0.4, 0.5) is 5.69 Å². The maximum Gasteiger partial charge on any atom is 0.0366 e. The summed E-state index contributed by atoms with van der Waals surface area (Å²) in [6, 6.07) is 8.75. The van der Waals surface area contributed by atoms with E-state index < -0.39 is 0 Å². The normalized spacial score (nSPS) is 9.87. The molecule has 0 aliphatic heterocycles. The molecular weight excluding hydrogens is 182 g/mol. The number of rotatable bonds is 4. The lowest BCUT2D eigenvalue weighted by Gasteiger charge is -2.20. The number of allylic oxidation sites excluding steroid dienone is 1. The maximum atomic E-state index is 2.35. The summed E-state index contributed by atoms with van der Waals surface area (Å²) < 4.78 is 0. The Morgan fingerprint density at radius 2 is 1.60 bits per heavy atom. The Morgan fingerprint density at radius 1 is 1.07 bits per heavy atom. The van der Waals surface area contributed by atoms with Gasteiger partial charge in [-0.1, -0.05) is 23.8 Å². The second-order valence-corrected chi connectivity index (χ2v) is 3.99. The molecule has 0 unspecified atom stereocenters. The summed E-state index contributed by atoms with van der Waals surface area (Å²) >= 11 is 0. The zero-order valence-electron chi connectivity index (χ0n) is 10.2. The van der Waals surface area contributed by atoms with Crippen molar-refractivity contribution in [1.82, 2.24) is 0 Å². The van der Waals surface area contributed by atoms with Crippen molar-refractivity contribution in [2.75, 3.05) is 18.0 Å². The Labute approximate surface area is 93.4 Å². The number of hydrogen-bond acceptors (Lipinski definition) is 1. The zero-order valence-corrected chi connectivity index (χ0v) is 10.2. The first-order valence-corrected chi connectivity index (χ1v) is 5.67.